The first-order chi connectivity index (χ1) is 9.53. The summed E-state index contributed by atoms with van der Waals surface area (Å²) in [6.07, 6.45) is 6.07. The van der Waals surface area contributed by atoms with E-state index in [1.807, 2.05) is 13.8 Å². The van der Waals surface area contributed by atoms with E-state index >= 15 is 0 Å². The van der Waals surface area contributed by atoms with Crippen LogP contribution in [-0.4, -0.2) is 60.3 Å². The van der Waals surface area contributed by atoms with Crippen molar-refractivity contribution in [1.82, 2.24) is 9.80 Å². The van der Waals surface area contributed by atoms with Gasteiger partial charge in [0.05, 0.1) is 5.60 Å². The third-order valence-corrected chi connectivity index (χ3v) is 5.42. The standard InChI is InChI=1S/C15H28N2O.C2H6/c1-3-13-4-6-17(7-5-13)12-15(18)8-14(9-15)10-16(2)11-14;1-2/h13,18H,3-12H2,1-2H3;1-2H3. The van der Waals surface area contributed by atoms with Gasteiger partial charge in [0.2, 0.25) is 0 Å². The highest BCUT2D eigenvalue weighted by Gasteiger charge is 2.58. The molecule has 1 spiro atoms. The minimum absolute atomic E-state index is 0.361. The van der Waals surface area contributed by atoms with Crippen molar-refractivity contribution < 1.29 is 5.11 Å². The van der Waals surface area contributed by atoms with Crippen LogP contribution in [-0.2, 0) is 0 Å². The summed E-state index contributed by atoms with van der Waals surface area (Å²) in [6, 6.07) is 0. The fourth-order valence-corrected chi connectivity index (χ4v) is 4.75. The van der Waals surface area contributed by atoms with Crippen LogP contribution in [0.1, 0.15) is 52.9 Å². The lowest BCUT2D eigenvalue weighted by Gasteiger charge is -2.62. The molecule has 0 aromatic heterocycles. The van der Waals surface area contributed by atoms with Crippen LogP contribution in [0.3, 0.4) is 0 Å². The molecule has 0 unspecified atom stereocenters. The van der Waals surface area contributed by atoms with Gasteiger partial charge in [-0.05, 0) is 51.7 Å². The lowest BCUT2D eigenvalue weighted by molar-refractivity contribution is -0.193. The molecule has 3 aliphatic rings. The van der Waals surface area contributed by atoms with Crippen LogP contribution in [0, 0.1) is 11.3 Å². The van der Waals surface area contributed by atoms with Gasteiger partial charge in [-0.3, -0.25) is 0 Å². The number of rotatable bonds is 3. The van der Waals surface area contributed by atoms with E-state index < -0.39 is 0 Å². The average Bonchev–Trinajstić information content (AvgIpc) is 2.38. The van der Waals surface area contributed by atoms with Gasteiger partial charge in [0.15, 0.2) is 0 Å². The predicted molar refractivity (Wildman–Crippen MR) is 84.9 cm³/mol. The number of piperidine rings is 1. The van der Waals surface area contributed by atoms with Crippen LogP contribution in [0.15, 0.2) is 0 Å². The molecule has 3 fully saturated rings. The van der Waals surface area contributed by atoms with E-state index in [0.29, 0.717) is 5.41 Å². The van der Waals surface area contributed by atoms with E-state index in [2.05, 4.69) is 23.8 Å². The summed E-state index contributed by atoms with van der Waals surface area (Å²) < 4.78 is 0. The van der Waals surface area contributed by atoms with Crippen LogP contribution >= 0.6 is 0 Å². The minimum Gasteiger partial charge on any atom is -0.389 e. The molecule has 0 amide bonds. The molecule has 0 radical (unpaired) electrons. The molecule has 2 saturated heterocycles. The largest absolute Gasteiger partial charge is 0.389 e. The highest BCUT2D eigenvalue weighted by molar-refractivity contribution is 5.12. The van der Waals surface area contributed by atoms with Crippen molar-refractivity contribution in [3.8, 4) is 0 Å². The first-order valence-electron chi connectivity index (χ1n) is 8.66. The Morgan fingerprint density at radius 1 is 1.10 bits per heavy atom. The number of hydrogen-bond acceptors (Lipinski definition) is 3. The Hall–Kier alpha value is -0.120. The van der Waals surface area contributed by atoms with Crippen LogP contribution < -0.4 is 0 Å². The van der Waals surface area contributed by atoms with Gasteiger partial charge in [0.25, 0.3) is 0 Å². The van der Waals surface area contributed by atoms with Crippen molar-refractivity contribution in [2.75, 3.05) is 39.8 Å². The van der Waals surface area contributed by atoms with Crippen LogP contribution in [0.4, 0.5) is 0 Å². The van der Waals surface area contributed by atoms with Gasteiger partial charge in [-0.1, -0.05) is 27.2 Å². The first kappa shape index (κ1) is 16.3. The summed E-state index contributed by atoms with van der Waals surface area (Å²) in [5.74, 6) is 0.934. The van der Waals surface area contributed by atoms with Gasteiger partial charge in [0.1, 0.15) is 0 Å². The van der Waals surface area contributed by atoms with Gasteiger partial charge >= 0.3 is 0 Å². The van der Waals surface area contributed by atoms with E-state index in [4.69, 9.17) is 0 Å². The van der Waals surface area contributed by atoms with Crippen LogP contribution in [0.2, 0.25) is 0 Å². The second-order valence-electron chi connectivity index (χ2n) is 7.38. The van der Waals surface area contributed by atoms with Gasteiger partial charge in [-0.25, -0.2) is 0 Å². The average molecular weight is 282 g/mol. The third-order valence-electron chi connectivity index (χ3n) is 5.42. The van der Waals surface area contributed by atoms with Crippen molar-refractivity contribution in [1.29, 1.82) is 0 Å². The third kappa shape index (κ3) is 3.37. The van der Waals surface area contributed by atoms with Crippen molar-refractivity contribution in [3.63, 3.8) is 0 Å². The molecule has 3 heteroatoms. The normalized spacial score (nSPS) is 29.2. The van der Waals surface area contributed by atoms with E-state index in [9.17, 15) is 5.11 Å². The summed E-state index contributed by atoms with van der Waals surface area (Å²) in [4.78, 5) is 4.87. The van der Waals surface area contributed by atoms with Gasteiger partial charge in [-0.15, -0.1) is 0 Å². The summed E-state index contributed by atoms with van der Waals surface area (Å²) >= 11 is 0. The number of likely N-dealkylation sites (tertiary alicyclic amines) is 2. The molecular weight excluding hydrogens is 248 g/mol. The van der Waals surface area contributed by atoms with Crippen molar-refractivity contribution in [2.45, 2.75) is 58.5 Å². The molecule has 1 saturated carbocycles. The molecule has 20 heavy (non-hydrogen) atoms. The predicted octanol–water partition coefficient (Wildman–Crippen LogP) is 2.59. The molecule has 3 rings (SSSR count). The van der Waals surface area contributed by atoms with Crippen LogP contribution in [0.5, 0.6) is 0 Å². The Morgan fingerprint density at radius 3 is 2.10 bits per heavy atom. The van der Waals surface area contributed by atoms with Crippen molar-refractivity contribution >= 4 is 0 Å². The second kappa shape index (κ2) is 6.33. The van der Waals surface area contributed by atoms with E-state index in [1.54, 1.807) is 0 Å². The smallest absolute Gasteiger partial charge is 0.0786 e. The number of hydrogen-bond donors (Lipinski definition) is 1. The molecule has 118 valence electrons. The highest BCUT2D eigenvalue weighted by atomic mass is 16.3. The highest BCUT2D eigenvalue weighted by Crippen LogP contribution is 2.53. The zero-order valence-corrected chi connectivity index (χ0v) is 14.0. The van der Waals surface area contributed by atoms with Gasteiger partial charge < -0.3 is 14.9 Å². The topological polar surface area (TPSA) is 26.7 Å². The van der Waals surface area contributed by atoms with E-state index in [-0.39, 0.29) is 5.60 Å². The maximum absolute atomic E-state index is 10.6. The second-order valence-corrected chi connectivity index (χ2v) is 7.38. The Morgan fingerprint density at radius 2 is 1.65 bits per heavy atom. The molecule has 0 aromatic rings. The number of nitrogens with zero attached hydrogens (tertiary/aromatic N) is 2. The summed E-state index contributed by atoms with van der Waals surface area (Å²) in [5, 5.41) is 10.6. The Kier molecular flexibility index (Phi) is 5.14. The minimum atomic E-state index is -0.361. The summed E-state index contributed by atoms with van der Waals surface area (Å²) in [6.45, 7) is 12.0. The Labute approximate surface area is 125 Å². The van der Waals surface area contributed by atoms with Gasteiger partial charge in [0, 0.05) is 25.0 Å². The summed E-state index contributed by atoms with van der Waals surface area (Å²) in [5.41, 5.74) is 0.131. The zero-order chi connectivity index (χ0) is 14.8. The molecule has 3 nitrogen and oxygen atoms in total. The number of β-amino-alcohol motifs (C(OH)–C–C–N with tert-alkyl or cyclic N) is 1. The molecular formula is C17H34N2O. The Bertz CT molecular complexity index is 296. The fourth-order valence-electron chi connectivity index (χ4n) is 4.75. The molecule has 2 heterocycles. The van der Waals surface area contributed by atoms with E-state index in [0.717, 1.165) is 25.3 Å². The van der Waals surface area contributed by atoms with Crippen LogP contribution in [0.25, 0.3) is 0 Å². The van der Waals surface area contributed by atoms with Gasteiger partial charge in [-0.2, -0.15) is 0 Å². The Balaban J connectivity index is 0.000000704. The lowest BCUT2D eigenvalue weighted by Crippen LogP contribution is -2.69. The summed E-state index contributed by atoms with van der Waals surface area (Å²) in [7, 11) is 2.18. The lowest BCUT2D eigenvalue weighted by atomic mass is 9.55. The molecule has 1 aliphatic carbocycles. The first-order valence-corrected chi connectivity index (χ1v) is 8.66. The SMILES string of the molecule is CC.CCC1CCN(CC2(O)CC3(CN(C)C3)C2)CC1. The molecule has 1 N–H and O–H groups in total. The van der Waals surface area contributed by atoms with Crippen molar-refractivity contribution in [2.24, 2.45) is 11.3 Å². The maximum Gasteiger partial charge on any atom is 0.0786 e. The molecule has 0 atom stereocenters. The maximum atomic E-state index is 10.6. The molecule has 0 bridgehead atoms. The quantitative estimate of drug-likeness (QED) is 0.862. The zero-order valence-electron chi connectivity index (χ0n) is 14.0. The van der Waals surface area contributed by atoms with E-state index in [1.165, 1.54) is 45.4 Å². The van der Waals surface area contributed by atoms with Crippen molar-refractivity contribution in [3.05, 3.63) is 0 Å². The monoisotopic (exact) mass is 282 g/mol. The molecule has 2 aliphatic heterocycles. The molecule has 0 aromatic carbocycles. The fraction of sp³-hybridized carbons (Fsp3) is 1.00. The number of aliphatic hydroxyl groups is 1.